The zero-order chi connectivity index (χ0) is 11.8. The molecule has 0 heterocycles. The Kier molecular flexibility index (Phi) is 4.94. The Morgan fingerprint density at radius 3 is 2.69 bits per heavy atom. The molecular formula is C13H15NO2. The number of carbonyl (C=O) groups is 1. The Bertz CT molecular complexity index is 367. The molecule has 0 bridgehead atoms. The van der Waals surface area contributed by atoms with Crippen LogP contribution in [0.4, 0.5) is 0 Å². The molecule has 0 aliphatic carbocycles. The second-order valence-electron chi connectivity index (χ2n) is 3.21. The van der Waals surface area contributed by atoms with Gasteiger partial charge in [0.05, 0.1) is 6.54 Å². The van der Waals surface area contributed by atoms with E-state index < -0.39 is 0 Å². The number of hydrogen-bond donors (Lipinski definition) is 0. The minimum atomic E-state index is -0.0932. The summed E-state index contributed by atoms with van der Waals surface area (Å²) in [4.78, 5) is 13.2. The number of hydrogen-bond acceptors (Lipinski definition) is 2. The molecule has 16 heavy (non-hydrogen) atoms. The fraction of sp³-hybridized carbons (Fsp3) is 0.308. The lowest BCUT2D eigenvalue weighted by atomic mass is 10.3. The number of benzene rings is 1. The minimum Gasteiger partial charge on any atom is -0.484 e. The number of terminal acetylenes is 1. The van der Waals surface area contributed by atoms with E-state index in [0.29, 0.717) is 18.8 Å². The molecule has 0 saturated heterocycles. The normalized spacial score (nSPS) is 9.25. The Morgan fingerprint density at radius 2 is 2.12 bits per heavy atom. The largest absolute Gasteiger partial charge is 0.484 e. The first kappa shape index (κ1) is 12.1. The van der Waals surface area contributed by atoms with Gasteiger partial charge in [-0.25, -0.2) is 0 Å². The van der Waals surface area contributed by atoms with Gasteiger partial charge in [-0.3, -0.25) is 4.79 Å². The second-order valence-corrected chi connectivity index (χ2v) is 3.21. The van der Waals surface area contributed by atoms with E-state index in [-0.39, 0.29) is 12.5 Å². The van der Waals surface area contributed by atoms with E-state index in [1.54, 1.807) is 4.90 Å². The zero-order valence-corrected chi connectivity index (χ0v) is 9.35. The molecular weight excluding hydrogens is 202 g/mol. The first-order valence-corrected chi connectivity index (χ1v) is 5.17. The topological polar surface area (TPSA) is 29.5 Å². The van der Waals surface area contributed by atoms with Crippen molar-refractivity contribution < 1.29 is 9.53 Å². The maximum absolute atomic E-state index is 11.6. The van der Waals surface area contributed by atoms with Crippen molar-refractivity contribution in [2.24, 2.45) is 0 Å². The van der Waals surface area contributed by atoms with Crippen LogP contribution in [0.15, 0.2) is 30.3 Å². The van der Waals surface area contributed by atoms with E-state index in [2.05, 4.69) is 5.92 Å². The van der Waals surface area contributed by atoms with Crippen LogP contribution < -0.4 is 4.74 Å². The van der Waals surface area contributed by atoms with Crippen molar-refractivity contribution in [1.82, 2.24) is 4.90 Å². The van der Waals surface area contributed by atoms with E-state index in [4.69, 9.17) is 11.2 Å². The molecule has 3 heteroatoms. The minimum absolute atomic E-state index is 0.0273. The molecule has 0 aromatic heterocycles. The van der Waals surface area contributed by atoms with E-state index >= 15 is 0 Å². The first-order valence-electron chi connectivity index (χ1n) is 5.17. The van der Waals surface area contributed by atoms with E-state index in [1.807, 2.05) is 37.3 Å². The van der Waals surface area contributed by atoms with Crippen molar-refractivity contribution in [2.75, 3.05) is 19.7 Å². The third-order valence-corrected chi connectivity index (χ3v) is 2.12. The van der Waals surface area contributed by atoms with Crippen LogP contribution in [-0.2, 0) is 4.79 Å². The number of rotatable bonds is 5. The number of carbonyl (C=O) groups excluding carboxylic acids is 1. The molecule has 0 N–H and O–H groups in total. The molecule has 0 atom stereocenters. The summed E-state index contributed by atoms with van der Waals surface area (Å²) in [6.07, 6.45) is 5.17. The van der Waals surface area contributed by atoms with Gasteiger partial charge in [0.15, 0.2) is 6.61 Å². The Morgan fingerprint density at radius 1 is 1.44 bits per heavy atom. The van der Waals surface area contributed by atoms with Gasteiger partial charge >= 0.3 is 0 Å². The molecule has 0 fully saturated rings. The molecule has 0 aliphatic heterocycles. The maximum atomic E-state index is 11.6. The summed E-state index contributed by atoms with van der Waals surface area (Å²) in [6, 6.07) is 9.23. The van der Waals surface area contributed by atoms with E-state index in [0.717, 1.165) is 0 Å². The molecule has 1 rings (SSSR count). The second kappa shape index (κ2) is 6.52. The lowest BCUT2D eigenvalue weighted by molar-refractivity contribution is -0.132. The molecule has 1 aromatic carbocycles. The van der Waals surface area contributed by atoms with Crippen LogP contribution in [0.1, 0.15) is 6.92 Å². The van der Waals surface area contributed by atoms with Crippen molar-refractivity contribution in [2.45, 2.75) is 6.92 Å². The Hall–Kier alpha value is -1.95. The van der Waals surface area contributed by atoms with Crippen LogP contribution in [-0.4, -0.2) is 30.5 Å². The van der Waals surface area contributed by atoms with Crippen LogP contribution in [0.2, 0.25) is 0 Å². The van der Waals surface area contributed by atoms with Gasteiger partial charge in [-0.1, -0.05) is 24.1 Å². The fourth-order valence-electron chi connectivity index (χ4n) is 1.24. The maximum Gasteiger partial charge on any atom is 0.261 e. The van der Waals surface area contributed by atoms with Gasteiger partial charge in [0.2, 0.25) is 0 Å². The summed E-state index contributed by atoms with van der Waals surface area (Å²) in [6.45, 7) is 2.84. The highest BCUT2D eigenvalue weighted by molar-refractivity contribution is 5.78. The number of para-hydroxylation sites is 1. The van der Waals surface area contributed by atoms with Crippen LogP contribution in [0.5, 0.6) is 5.75 Å². The zero-order valence-electron chi connectivity index (χ0n) is 9.35. The first-order chi connectivity index (χ1) is 7.77. The summed E-state index contributed by atoms with van der Waals surface area (Å²) in [5, 5.41) is 0. The van der Waals surface area contributed by atoms with Crippen molar-refractivity contribution in [3.8, 4) is 18.1 Å². The SMILES string of the molecule is C#CCN(CC)C(=O)COc1ccccc1. The molecule has 0 unspecified atom stereocenters. The molecule has 84 valence electrons. The smallest absolute Gasteiger partial charge is 0.261 e. The highest BCUT2D eigenvalue weighted by atomic mass is 16.5. The Labute approximate surface area is 96.0 Å². The van der Waals surface area contributed by atoms with Gasteiger partial charge in [-0.15, -0.1) is 6.42 Å². The lowest BCUT2D eigenvalue weighted by Crippen LogP contribution is -2.35. The fourth-order valence-corrected chi connectivity index (χ4v) is 1.24. The van der Waals surface area contributed by atoms with Crippen LogP contribution in [0.3, 0.4) is 0 Å². The average molecular weight is 217 g/mol. The predicted octanol–water partition coefficient (Wildman–Crippen LogP) is 1.55. The third kappa shape index (κ3) is 3.66. The highest BCUT2D eigenvalue weighted by Crippen LogP contribution is 2.08. The summed E-state index contributed by atoms with van der Waals surface area (Å²) >= 11 is 0. The predicted molar refractivity (Wildman–Crippen MR) is 63.0 cm³/mol. The van der Waals surface area contributed by atoms with Crippen molar-refractivity contribution in [3.05, 3.63) is 30.3 Å². The molecule has 0 aliphatic rings. The summed E-state index contributed by atoms with van der Waals surface area (Å²) in [5.41, 5.74) is 0. The summed E-state index contributed by atoms with van der Waals surface area (Å²) in [5.74, 6) is 3.04. The molecule has 1 aromatic rings. The van der Waals surface area contributed by atoms with Gasteiger partial charge in [0.1, 0.15) is 5.75 Å². The van der Waals surface area contributed by atoms with Gasteiger partial charge in [0.25, 0.3) is 5.91 Å². The standard InChI is InChI=1S/C13H15NO2/c1-3-10-14(4-2)13(15)11-16-12-8-6-5-7-9-12/h1,5-9H,4,10-11H2,2H3. The van der Waals surface area contributed by atoms with Crippen LogP contribution in [0.25, 0.3) is 0 Å². The number of likely N-dealkylation sites (N-methyl/N-ethyl adjacent to an activating group) is 1. The third-order valence-electron chi connectivity index (χ3n) is 2.12. The monoisotopic (exact) mass is 217 g/mol. The van der Waals surface area contributed by atoms with Gasteiger partial charge in [-0.05, 0) is 19.1 Å². The molecule has 0 spiro atoms. The molecule has 0 radical (unpaired) electrons. The van der Waals surface area contributed by atoms with Gasteiger partial charge < -0.3 is 9.64 Å². The summed E-state index contributed by atoms with van der Waals surface area (Å²) < 4.78 is 5.34. The molecule has 0 saturated carbocycles. The highest BCUT2D eigenvalue weighted by Gasteiger charge is 2.10. The number of amides is 1. The summed E-state index contributed by atoms with van der Waals surface area (Å²) in [7, 11) is 0. The van der Waals surface area contributed by atoms with E-state index in [9.17, 15) is 4.79 Å². The average Bonchev–Trinajstić information content (AvgIpc) is 2.34. The van der Waals surface area contributed by atoms with Gasteiger partial charge in [-0.2, -0.15) is 0 Å². The quantitative estimate of drug-likeness (QED) is 0.700. The van der Waals surface area contributed by atoms with Crippen molar-refractivity contribution >= 4 is 5.91 Å². The van der Waals surface area contributed by atoms with Gasteiger partial charge in [0, 0.05) is 6.54 Å². The van der Waals surface area contributed by atoms with Crippen molar-refractivity contribution in [1.29, 1.82) is 0 Å². The molecule has 3 nitrogen and oxygen atoms in total. The van der Waals surface area contributed by atoms with Crippen LogP contribution in [0, 0.1) is 12.3 Å². The van der Waals surface area contributed by atoms with Crippen LogP contribution >= 0.6 is 0 Å². The lowest BCUT2D eigenvalue weighted by Gasteiger charge is -2.17. The van der Waals surface area contributed by atoms with E-state index in [1.165, 1.54) is 0 Å². The number of ether oxygens (including phenoxy) is 1. The van der Waals surface area contributed by atoms with Crippen molar-refractivity contribution in [3.63, 3.8) is 0 Å². The molecule has 1 amide bonds. The Balaban J connectivity index is 2.43. The number of nitrogens with zero attached hydrogens (tertiary/aromatic N) is 1.